The van der Waals surface area contributed by atoms with Gasteiger partial charge in [0.15, 0.2) is 0 Å². The highest BCUT2D eigenvalue weighted by Crippen LogP contribution is 2.44. The van der Waals surface area contributed by atoms with Crippen molar-refractivity contribution in [3.63, 3.8) is 0 Å². The minimum atomic E-state index is 0.0400. The third-order valence-electron chi connectivity index (χ3n) is 5.66. The predicted molar refractivity (Wildman–Crippen MR) is 111 cm³/mol. The van der Waals surface area contributed by atoms with Gasteiger partial charge >= 0.3 is 0 Å². The van der Waals surface area contributed by atoms with Gasteiger partial charge in [0, 0.05) is 25.2 Å². The fourth-order valence-electron chi connectivity index (χ4n) is 3.97. The lowest BCUT2D eigenvalue weighted by molar-refractivity contribution is -0.116. The van der Waals surface area contributed by atoms with Crippen LogP contribution < -0.4 is 15.0 Å². The summed E-state index contributed by atoms with van der Waals surface area (Å²) in [6.45, 7) is 3.18. The maximum Gasteiger partial charge on any atom is 0.225 e. The SMILES string of the molecule is COc1ccc(N2CCOCC2)cc1NC(=O)CC(c1ccccc1)C1CC1. The Bertz CT molecular complexity index is 799. The summed E-state index contributed by atoms with van der Waals surface area (Å²) in [5, 5.41) is 3.10. The molecule has 1 heterocycles. The third kappa shape index (κ3) is 4.47. The largest absolute Gasteiger partial charge is 0.495 e. The first kappa shape index (κ1) is 18.8. The molecule has 1 saturated heterocycles. The van der Waals surface area contributed by atoms with Crippen molar-refractivity contribution in [3.05, 3.63) is 54.1 Å². The zero-order valence-corrected chi connectivity index (χ0v) is 16.4. The van der Waals surface area contributed by atoms with Crippen molar-refractivity contribution in [3.8, 4) is 5.75 Å². The van der Waals surface area contributed by atoms with Crippen molar-refractivity contribution in [2.24, 2.45) is 5.92 Å². The van der Waals surface area contributed by atoms with Gasteiger partial charge in [0.2, 0.25) is 5.91 Å². The molecule has 1 saturated carbocycles. The molecule has 1 amide bonds. The molecule has 0 aromatic heterocycles. The fraction of sp³-hybridized carbons (Fsp3) is 0.435. The van der Waals surface area contributed by atoms with E-state index in [1.807, 2.05) is 24.3 Å². The number of benzene rings is 2. The molecular weight excluding hydrogens is 352 g/mol. The number of amides is 1. The van der Waals surface area contributed by atoms with Gasteiger partial charge in [-0.2, -0.15) is 0 Å². The van der Waals surface area contributed by atoms with Gasteiger partial charge in [-0.05, 0) is 48.4 Å². The van der Waals surface area contributed by atoms with E-state index in [4.69, 9.17) is 9.47 Å². The van der Waals surface area contributed by atoms with Crippen LogP contribution in [0.2, 0.25) is 0 Å². The zero-order chi connectivity index (χ0) is 19.3. The monoisotopic (exact) mass is 380 g/mol. The molecule has 1 aliphatic heterocycles. The number of morpholine rings is 1. The van der Waals surface area contributed by atoms with Crippen LogP contribution in [0, 0.1) is 5.92 Å². The average Bonchev–Trinajstić information content (AvgIpc) is 3.58. The number of ether oxygens (including phenoxy) is 2. The summed E-state index contributed by atoms with van der Waals surface area (Å²) in [5.41, 5.74) is 3.08. The van der Waals surface area contributed by atoms with Crippen LogP contribution in [0.1, 0.15) is 30.7 Å². The Morgan fingerprint density at radius 3 is 2.61 bits per heavy atom. The second-order valence-electron chi connectivity index (χ2n) is 7.59. The summed E-state index contributed by atoms with van der Waals surface area (Å²) < 4.78 is 10.9. The standard InChI is InChI=1S/C23H28N2O3/c1-27-22-10-9-19(25-11-13-28-14-12-25)15-21(22)24-23(26)16-20(18-7-8-18)17-5-3-2-4-6-17/h2-6,9-10,15,18,20H,7-8,11-14,16H2,1H3,(H,24,26). The molecule has 4 rings (SSSR count). The second kappa shape index (κ2) is 8.65. The van der Waals surface area contributed by atoms with Crippen LogP contribution in [0.4, 0.5) is 11.4 Å². The lowest BCUT2D eigenvalue weighted by atomic mass is 9.91. The summed E-state index contributed by atoms with van der Waals surface area (Å²) in [5.74, 6) is 1.63. The number of rotatable bonds is 7. The molecule has 2 aromatic rings. The maximum atomic E-state index is 12.9. The summed E-state index contributed by atoms with van der Waals surface area (Å²) in [4.78, 5) is 15.2. The first-order chi connectivity index (χ1) is 13.7. The molecule has 2 fully saturated rings. The first-order valence-electron chi connectivity index (χ1n) is 10.1. The van der Waals surface area contributed by atoms with Gasteiger partial charge in [-0.3, -0.25) is 4.79 Å². The lowest BCUT2D eigenvalue weighted by Crippen LogP contribution is -2.36. The molecule has 1 aliphatic carbocycles. The molecule has 0 radical (unpaired) electrons. The Morgan fingerprint density at radius 2 is 1.93 bits per heavy atom. The molecule has 5 nitrogen and oxygen atoms in total. The van der Waals surface area contributed by atoms with Crippen LogP contribution in [-0.2, 0) is 9.53 Å². The minimum absolute atomic E-state index is 0.0400. The number of methoxy groups -OCH3 is 1. The molecule has 5 heteroatoms. The summed E-state index contributed by atoms with van der Waals surface area (Å²) in [7, 11) is 1.64. The quantitative estimate of drug-likeness (QED) is 0.787. The number of hydrogen-bond donors (Lipinski definition) is 1. The van der Waals surface area contributed by atoms with Crippen LogP contribution in [-0.4, -0.2) is 39.3 Å². The molecule has 2 aliphatic rings. The number of nitrogens with one attached hydrogen (secondary N) is 1. The van der Waals surface area contributed by atoms with Crippen LogP contribution >= 0.6 is 0 Å². The lowest BCUT2D eigenvalue weighted by Gasteiger charge is -2.29. The highest BCUT2D eigenvalue weighted by atomic mass is 16.5. The first-order valence-corrected chi connectivity index (χ1v) is 10.1. The highest BCUT2D eigenvalue weighted by Gasteiger charge is 2.33. The highest BCUT2D eigenvalue weighted by molar-refractivity contribution is 5.93. The molecule has 1 N–H and O–H groups in total. The molecule has 148 valence electrons. The van der Waals surface area contributed by atoms with E-state index in [1.54, 1.807) is 7.11 Å². The van der Waals surface area contributed by atoms with E-state index in [9.17, 15) is 4.79 Å². The van der Waals surface area contributed by atoms with Crippen LogP contribution in [0.15, 0.2) is 48.5 Å². The van der Waals surface area contributed by atoms with Crippen molar-refractivity contribution in [1.82, 2.24) is 0 Å². The van der Waals surface area contributed by atoms with Crippen LogP contribution in [0.25, 0.3) is 0 Å². The number of hydrogen-bond acceptors (Lipinski definition) is 4. The average molecular weight is 380 g/mol. The second-order valence-corrected chi connectivity index (χ2v) is 7.59. The fourth-order valence-corrected chi connectivity index (χ4v) is 3.97. The molecule has 1 atom stereocenters. The van der Waals surface area contributed by atoms with Gasteiger partial charge in [0.1, 0.15) is 5.75 Å². The van der Waals surface area contributed by atoms with Crippen molar-refractivity contribution in [2.45, 2.75) is 25.2 Å². The Hall–Kier alpha value is -2.53. The normalized spacial score (nSPS) is 17.8. The topological polar surface area (TPSA) is 50.8 Å². The van der Waals surface area contributed by atoms with Crippen LogP contribution in [0.5, 0.6) is 5.75 Å². The van der Waals surface area contributed by atoms with E-state index >= 15 is 0 Å². The van der Waals surface area contributed by atoms with E-state index in [-0.39, 0.29) is 11.8 Å². The smallest absolute Gasteiger partial charge is 0.225 e. The zero-order valence-electron chi connectivity index (χ0n) is 16.4. The van der Waals surface area contributed by atoms with Gasteiger partial charge < -0.3 is 19.7 Å². The van der Waals surface area contributed by atoms with Crippen molar-refractivity contribution >= 4 is 17.3 Å². The van der Waals surface area contributed by atoms with Crippen molar-refractivity contribution in [1.29, 1.82) is 0 Å². The van der Waals surface area contributed by atoms with Crippen LogP contribution in [0.3, 0.4) is 0 Å². The number of anilines is 2. The predicted octanol–water partition coefficient (Wildman–Crippen LogP) is 4.05. The molecule has 0 spiro atoms. The van der Waals surface area contributed by atoms with E-state index in [0.29, 0.717) is 18.1 Å². The molecule has 2 aromatic carbocycles. The van der Waals surface area contributed by atoms with Gasteiger partial charge in [0.25, 0.3) is 0 Å². The number of carbonyl (C=O) groups is 1. The molecule has 1 unspecified atom stereocenters. The van der Waals surface area contributed by atoms with Gasteiger partial charge in [0.05, 0.1) is 26.0 Å². The third-order valence-corrected chi connectivity index (χ3v) is 5.66. The summed E-state index contributed by atoms with van der Waals surface area (Å²) in [6, 6.07) is 16.4. The van der Waals surface area contributed by atoms with E-state index in [0.717, 1.165) is 37.7 Å². The number of carbonyl (C=O) groups excluding carboxylic acids is 1. The van der Waals surface area contributed by atoms with Gasteiger partial charge in [-0.15, -0.1) is 0 Å². The molecule has 0 bridgehead atoms. The Kier molecular flexibility index (Phi) is 5.81. The summed E-state index contributed by atoms with van der Waals surface area (Å²) >= 11 is 0. The number of nitrogens with zero attached hydrogens (tertiary/aromatic N) is 1. The Balaban J connectivity index is 1.48. The summed E-state index contributed by atoms with van der Waals surface area (Å²) in [6.07, 6.45) is 2.92. The Labute approximate surface area is 166 Å². The minimum Gasteiger partial charge on any atom is -0.495 e. The molecular formula is C23H28N2O3. The van der Waals surface area contributed by atoms with E-state index < -0.39 is 0 Å². The Morgan fingerprint density at radius 1 is 1.18 bits per heavy atom. The van der Waals surface area contributed by atoms with Gasteiger partial charge in [-0.25, -0.2) is 0 Å². The van der Waals surface area contributed by atoms with Crippen molar-refractivity contribution in [2.75, 3.05) is 43.6 Å². The maximum absolute atomic E-state index is 12.9. The van der Waals surface area contributed by atoms with E-state index in [1.165, 1.54) is 18.4 Å². The van der Waals surface area contributed by atoms with E-state index in [2.05, 4.69) is 34.5 Å². The molecule has 28 heavy (non-hydrogen) atoms. The van der Waals surface area contributed by atoms with Crippen molar-refractivity contribution < 1.29 is 14.3 Å². The van der Waals surface area contributed by atoms with Gasteiger partial charge in [-0.1, -0.05) is 30.3 Å².